The Balaban J connectivity index is 0.00000338. The van der Waals surface area contributed by atoms with E-state index in [0.29, 0.717) is 19.0 Å². The number of alkyl halides is 3. The second-order valence-corrected chi connectivity index (χ2v) is 6.13. The molecule has 0 aliphatic carbocycles. The first kappa shape index (κ1) is 22.3. The van der Waals surface area contributed by atoms with Crippen LogP contribution < -0.4 is 10.1 Å². The molecule has 0 aromatic heterocycles. The van der Waals surface area contributed by atoms with Gasteiger partial charge in [-0.3, -0.25) is 4.79 Å². The van der Waals surface area contributed by atoms with Crippen molar-refractivity contribution in [3.63, 3.8) is 0 Å². The molecule has 1 aliphatic rings. The SMILES string of the molecule is C=CCOc1ccc(C(F)(F)F)cc1C(=O)N1CCCC(CNC)C1.Cl. The predicted octanol–water partition coefficient (Wildman–Crippen LogP) is 3.76. The average molecular weight is 393 g/mol. The summed E-state index contributed by atoms with van der Waals surface area (Å²) in [6, 6.07) is 3.01. The summed E-state index contributed by atoms with van der Waals surface area (Å²) >= 11 is 0. The topological polar surface area (TPSA) is 41.6 Å². The van der Waals surface area contributed by atoms with Gasteiger partial charge in [0, 0.05) is 13.1 Å². The minimum absolute atomic E-state index is 0. The number of hydrogen-bond donors (Lipinski definition) is 1. The van der Waals surface area contributed by atoms with E-state index in [9.17, 15) is 18.0 Å². The van der Waals surface area contributed by atoms with Gasteiger partial charge in [-0.2, -0.15) is 13.2 Å². The molecule has 1 aromatic rings. The fraction of sp³-hybridized carbons (Fsp3) is 0.500. The van der Waals surface area contributed by atoms with Crippen LogP contribution >= 0.6 is 12.4 Å². The summed E-state index contributed by atoms with van der Waals surface area (Å²) in [5.74, 6) is 0.0191. The van der Waals surface area contributed by atoms with Crippen LogP contribution in [0.5, 0.6) is 5.75 Å². The zero-order valence-corrected chi connectivity index (χ0v) is 15.5. The third-order valence-electron chi connectivity index (χ3n) is 4.19. The number of rotatable bonds is 6. The van der Waals surface area contributed by atoms with E-state index in [1.807, 2.05) is 7.05 Å². The molecule has 1 N–H and O–H groups in total. The normalized spacial score (nSPS) is 17.4. The van der Waals surface area contributed by atoms with Crippen LogP contribution in [0.3, 0.4) is 0 Å². The van der Waals surface area contributed by atoms with Gasteiger partial charge in [0.25, 0.3) is 5.91 Å². The van der Waals surface area contributed by atoms with Gasteiger partial charge < -0.3 is 15.0 Å². The highest BCUT2D eigenvalue weighted by atomic mass is 35.5. The lowest BCUT2D eigenvalue weighted by molar-refractivity contribution is -0.137. The fourth-order valence-electron chi connectivity index (χ4n) is 3.02. The maximum absolute atomic E-state index is 13.0. The van der Waals surface area contributed by atoms with Crippen molar-refractivity contribution in [3.05, 3.63) is 42.0 Å². The van der Waals surface area contributed by atoms with Crippen molar-refractivity contribution >= 4 is 18.3 Å². The van der Waals surface area contributed by atoms with Crippen LogP contribution in [-0.4, -0.2) is 44.1 Å². The molecular formula is C18H24ClF3N2O2. The van der Waals surface area contributed by atoms with Crippen molar-refractivity contribution in [3.8, 4) is 5.75 Å². The Kier molecular flexibility index (Phi) is 8.43. The second kappa shape index (κ2) is 9.83. The first-order chi connectivity index (χ1) is 11.9. The molecule has 1 aliphatic heterocycles. The smallest absolute Gasteiger partial charge is 0.416 e. The van der Waals surface area contributed by atoms with Crippen molar-refractivity contribution in [2.24, 2.45) is 5.92 Å². The third-order valence-corrected chi connectivity index (χ3v) is 4.19. The van der Waals surface area contributed by atoms with E-state index in [1.54, 1.807) is 4.90 Å². The highest BCUT2D eigenvalue weighted by Gasteiger charge is 2.33. The third kappa shape index (κ3) is 5.64. The molecule has 0 radical (unpaired) electrons. The van der Waals surface area contributed by atoms with Crippen LogP contribution in [-0.2, 0) is 6.18 Å². The number of halogens is 4. The monoisotopic (exact) mass is 392 g/mol. The molecule has 146 valence electrons. The standard InChI is InChI=1S/C18H23F3N2O2.ClH/c1-3-9-25-16-7-6-14(18(19,20)21)10-15(16)17(24)23-8-4-5-13(12-23)11-22-2;/h3,6-7,10,13,22H,1,4-5,8-9,11-12H2,2H3;1H. The first-order valence-corrected chi connectivity index (χ1v) is 8.25. The summed E-state index contributed by atoms with van der Waals surface area (Å²) in [6.07, 6.45) is -1.20. The van der Waals surface area contributed by atoms with Gasteiger partial charge >= 0.3 is 6.18 Å². The zero-order valence-electron chi connectivity index (χ0n) is 14.6. The number of nitrogens with one attached hydrogen (secondary N) is 1. The Morgan fingerprint density at radius 3 is 2.81 bits per heavy atom. The number of carbonyl (C=O) groups is 1. The molecule has 1 heterocycles. The summed E-state index contributed by atoms with van der Waals surface area (Å²) in [5.41, 5.74) is -0.910. The minimum Gasteiger partial charge on any atom is -0.489 e. The quantitative estimate of drug-likeness (QED) is 0.749. The number of hydrogen-bond acceptors (Lipinski definition) is 3. The van der Waals surface area contributed by atoms with Crippen molar-refractivity contribution in [1.82, 2.24) is 10.2 Å². The van der Waals surface area contributed by atoms with E-state index >= 15 is 0 Å². The molecule has 0 bridgehead atoms. The Morgan fingerprint density at radius 1 is 1.46 bits per heavy atom. The molecule has 0 saturated carbocycles. The van der Waals surface area contributed by atoms with Crippen LogP contribution in [0.2, 0.25) is 0 Å². The van der Waals surface area contributed by atoms with Crippen LogP contribution in [0.15, 0.2) is 30.9 Å². The largest absolute Gasteiger partial charge is 0.489 e. The number of piperidine rings is 1. The van der Waals surface area contributed by atoms with Crippen molar-refractivity contribution < 1.29 is 22.7 Å². The van der Waals surface area contributed by atoms with Crippen LogP contribution in [0.1, 0.15) is 28.8 Å². The highest BCUT2D eigenvalue weighted by Crippen LogP contribution is 2.33. The van der Waals surface area contributed by atoms with E-state index in [1.165, 1.54) is 12.1 Å². The Hall–Kier alpha value is -1.73. The summed E-state index contributed by atoms with van der Waals surface area (Å²) in [4.78, 5) is 14.5. The molecule has 2 rings (SSSR count). The number of carbonyl (C=O) groups excluding carboxylic acids is 1. The molecule has 26 heavy (non-hydrogen) atoms. The maximum atomic E-state index is 13.0. The summed E-state index contributed by atoms with van der Waals surface area (Å²) in [5, 5.41) is 3.08. The number of benzene rings is 1. The van der Waals surface area contributed by atoms with Crippen LogP contribution in [0, 0.1) is 5.92 Å². The van der Waals surface area contributed by atoms with Gasteiger partial charge in [-0.05, 0) is 50.6 Å². The summed E-state index contributed by atoms with van der Waals surface area (Å²) in [6.45, 7) is 5.47. The Labute approximate surface area is 157 Å². The predicted molar refractivity (Wildman–Crippen MR) is 96.9 cm³/mol. The molecule has 0 spiro atoms. The van der Waals surface area contributed by atoms with E-state index < -0.39 is 17.6 Å². The maximum Gasteiger partial charge on any atom is 0.416 e. The van der Waals surface area contributed by atoms with Gasteiger partial charge in [0.1, 0.15) is 12.4 Å². The van der Waals surface area contributed by atoms with E-state index in [2.05, 4.69) is 11.9 Å². The fourth-order valence-corrected chi connectivity index (χ4v) is 3.02. The zero-order chi connectivity index (χ0) is 18.4. The van der Waals surface area contributed by atoms with Gasteiger partial charge in [-0.15, -0.1) is 12.4 Å². The Morgan fingerprint density at radius 2 is 2.19 bits per heavy atom. The van der Waals surface area contributed by atoms with E-state index in [-0.39, 0.29) is 30.3 Å². The molecule has 1 aromatic carbocycles. The van der Waals surface area contributed by atoms with Gasteiger partial charge in [0.05, 0.1) is 11.1 Å². The van der Waals surface area contributed by atoms with Crippen molar-refractivity contribution in [1.29, 1.82) is 0 Å². The number of nitrogens with zero attached hydrogens (tertiary/aromatic N) is 1. The van der Waals surface area contributed by atoms with E-state index in [4.69, 9.17) is 4.74 Å². The summed E-state index contributed by atoms with van der Waals surface area (Å²) < 4.78 is 44.5. The molecule has 8 heteroatoms. The van der Waals surface area contributed by atoms with Crippen LogP contribution in [0.4, 0.5) is 13.2 Å². The minimum atomic E-state index is -4.51. The van der Waals surface area contributed by atoms with Crippen molar-refractivity contribution in [2.45, 2.75) is 19.0 Å². The Bertz CT molecular complexity index is 621. The molecule has 1 unspecified atom stereocenters. The molecular weight excluding hydrogens is 369 g/mol. The van der Waals surface area contributed by atoms with Gasteiger partial charge in [-0.25, -0.2) is 0 Å². The molecule has 1 amide bonds. The lowest BCUT2D eigenvalue weighted by atomic mass is 9.97. The molecule has 1 fully saturated rings. The highest BCUT2D eigenvalue weighted by molar-refractivity contribution is 5.97. The summed E-state index contributed by atoms with van der Waals surface area (Å²) in [7, 11) is 1.84. The van der Waals surface area contributed by atoms with Gasteiger partial charge in [-0.1, -0.05) is 12.7 Å². The van der Waals surface area contributed by atoms with Crippen LogP contribution in [0.25, 0.3) is 0 Å². The van der Waals surface area contributed by atoms with Gasteiger partial charge in [0.15, 0.2) is 0 Å². The van der Waals surface area contributed by atoms with E-state index in [0.717, 1.165) is 31.5 Å². The molecule has 1 saturated heterocycles. The second-order valence-electron chi connectivity index (χ2n) is 6.13. The van der Waals surface area contributed by atoms with Gasteiger partial charge in [0.2, 0.25) is 0 Å². The molecule has 1 atom stereocenters. The lowest BCUT2D eigenvalue weighted by Gasteiger charge is -2.33. The first-order valence-electron chi connectivity index (χ1n) is 8.25. The molecule has 4 nitrogen and oxygen atoms in total. The number of amides is 1. The lowest BCUT2D eigenvalue weighted by Crippen LogP contribution is -2.42. The number of likely N-dealkylation sites (tertiary alicyclic amines) is 1. The van der Waals surface area contributed by atoms with Crippen molar-refractivity contribution in [2.75, 3.05) is 33.3 Å². The number of ether oxygens (including phenoxy) is 1. The average Bonchev–Trinajstić information content (AvgIpc) is 2.59.